The molecule has 1 nitrogen and oxygen atoms in total. The Kier molecular flexibility index (Phi) is 2.36. The Morgan fingerprint density at radius 1 is 1.43 bits per heavy atom. The summed E-state index contributed by atoms with van der Waals surface area (Å²) in [6, 6.07) is 9.63. The normalized spacial score (nSPS) is 20.9. The number of rotatable bonds is 3. The van der Waals surface area contributed by atoms with Gasteiger partial charge in [0.2, 0.25) is 0 Å². The zero-order chi connectivity index (χ0) is 10.2. The molecule has 14 heavy (non-hydrogen) atoms. The monoisotopic (exact) mass is 189 g/mol. The van der Waals surface area contributed by atoms with E-state index in [1.165, 1.54) is 17.5 Å². The summed E-state index contributed by atoms with van der Waals surface area (Å²) in [6.45, 7) is 8.02. The van der Waals surface area contributed by atoms with E-state index in [0.717, 1.165) is 6.54 Å². The molecule has 1 unspecified atom stereocenters. The summed E-state index contributed by atoms with van der Waals surface area (Å²) >= 11 is 0. The van der Waals surface area contributed by atoms with Gasteiger partial charge in [0.25, 0.3) is 0 Å². The van der Waals surface area contributed by atoms with Gasteiger partial charge in [-0.1, -0.05) is 45.0 Å². The van der Waals surface area contributed by atoms with Crippen molar-refractivity contribution in [3.63, 3.8) is 0 Å². The predicted octanol–water partition coefficient (Wildman–Crippen LogP) is 3.02. The summed E-state index contributed by atoms with van der Waals surface area (Å²) in [5.74, 6) is 0. The SMILES string of the molecule is CCC(C)(C)c1cccc(C2CN2)c1. The summed E-state index contributed by atoms with van der Waals surface area (Å²) in [7, 11) is 0. The maximum Gasteiger partial charge on any atom is 0.0447 e. The molecule has 1 aromatic rings. The lowest BCUT2D eigenvalue weighted by atomic mass is 9.81. The van der Waals surface area contributed by atoms with Gasteiger partial charge in [0, 0.05) is 12.6 Å². The molecule has 0 bridgehead atoms. The molecule has 1 N–H and O–H groups in total. The highest BCUT2D eigenvalue weighted by molar-refractivity contribution is 5.32. The average molecular weight is 189 g/mol. The zero-order valence-corrected chi connectivity index (χ0v) is 9.30. The number of benzene rings is 1. The maximum atomic E-state index is 3.35. The van der Waals surface area contributed by atoms with Crippen LogP contribution in [0, 0.1) is 0 Å². The van der Waals surface area contributed by atoms with Gasteiger partial charge in [0.1, 0.15) is 0 Å². The second-order valence-electron chi connectivity index (χ2n) is 4.82. The lowest BCUT2D eigenvalue weighted by molar-refractivity contribution is 0.505. The molecule has 1 atom stereocenters. The quantitative estimate of drug-likeness (QED) is 0.725. The fourth-order valence-corrected chi connectivity index (χ4v) is 1.68. The second-order valence-corrected chi connectivity index (χ2v) is 4.82. The first-order valence-corrected chi connectivity index (χ1v) is 5.47. The Balaban J connectivity index is 2.29. The molecular formula is C13H19N. The first-order chi connectivity index (χ1) is 6.63. The number of nitrogens with one attached hydrogen (secondary N) is 1. The first-order valence-electron chi connectivity index (χ1n) is 5.47. The predicted molar refractivity (Wildman–Crippen MR) is 60.5 cm³/mol. The Bertz CT molecular complexity index is 324. The lowest BCUT2D eigenvalue weighted by Gasteiger charge is -2.23. The van der Waals surface area contributed by atoms with Crippen molar-refractivity contribution < 1.29 is 0 Å². The first kappa shape index (κ1) is 9.72. The minimum absolute atomic E-state index is 0.310. The third-order valence-corrected chi connectivity index (χ3v) is 3.36. The van der Waals surface area contributed by atoms with Crippen molar-refractivity contribution >= 4 is 0 Å². The topological polar surface area (TPSA) is 21.9 Å². The van der Waals surface area contributed by atoms with E-state index in [2.05, 4.69) is 50.4 Å². The van der Waals surface area contributed by atoms with Crippen molar-refractivity contribution in [2.45, 2.75) is 38.6 Å². The highest BCUT2D eigenvalue weighted by Crippen LogP contribution is 2.30. The molecule has 1 aliphatic heterocycles. The second kappa shape index (κ2) is 3.39. The van der Waals surface area contributed by atoms with Gasteiger partial charge < -0.3 is 5.32 Å². The molecule has 0 amide bonds. The van der Waals surface area contributed by atoms with Crippen molar-refractivity contribution in [1.29, 1.82) is 0 Å². The third-order valence-electron chi connectivity index (χ3n) is 3.36. The van der Waals surface area contributed by atoms with Crippen molar-refractivity contribution in [3.8, 4) is 0 Å². The molecule has 0 aliphatic carbocycles. The van der Waals surface area contributed by atoms with Crippen molar-refractivity contribution in [2.24, 2.45) is 0 Å². The standard InChI is InChI=1S/C13H19N/c1-4-13(2,3)11-7-5-6-10(8-11)12-9-14-12/h5-8,12,14H,4,9H2,1-3H3. The summed E-state index contributed by atoms with van der Waals surface area (Å²) in [5, 5.41) is 3.35. The van der Waals surface area contributed by atoms with Crippen LogP contribution in [0.25, 0.3) is 0 Å². The summed E-state index contributed by atoms with van der Waals surface area (Å²) in [4.78, 5) is 0. The van der Waals surface area contributed by atoms with E-state index < -0.39 is 0 Å². The molecule has 1 heterocycles. The third kappa shape index (κ3) is 1.83. The highest BCUT2D eigenvalue weighted by atomic mass is 15.1. The highest BCUT2D eigenvalue weighted by Gasteiger charge is 2.24. The summed E-state index contributed by atoms with van der Waals surface area (Å²) in [5.41, 5.74) is 3.22. The van der Waals surface area contributed by atoms with Gasteiger partial charge in [0.05, 0.1) is 0 Å². The van der Waals surface area contributed by atoms with E-state index in [0.29, 0.717) is 11.5 Å². The minimum Gasteiger partial charge on any atom is -0.307 e. The van der Waals surface area contributed by atoms with Crippen LogP contribution in [-0.2, 0) is 5.41 Å². The zero-order valence-electron chi connectivity index (χ0n) is 9.30. The smallest absolute Gasteiger partial charge is 0.0447 e. The van der Waals surface area contributed by atoms with Crippen LogP contribution in [0.2, 0.25) is 0 Å². The summed E-state index contributed by atoms with van der Waals surface area (Å²) < 4.78 is 0. The van der Waals surface area contributed by atoms with E-state index in [1.807, 2.05) is 0 Å². The molecule has 1 heteroatoms. The molecule has 0 radical (unpaired) electrons. The minimum atomic E-state index is 0.310. The van der Waals surface area contributed by atoms with Gasteiger partial charge in [0.15, 0.2) is 0 Å². The van der Waals surface area contributed by atoms with Crippen LogP contribution in [0.3, 0.4) is 0 Å². The Labute approximate surface area is 86.5 Å². The van der Waals surface area contributed by atoms with Gasteiger partial charge in [-0.05, 0) is 23.0 Å². The Morgan fingerprint density at radius 2 is 2.14 bits per heavy atom. The van der Waals surface area contributed by atoms with Crippen LogP contribution in [0.15, 0.2) is 24.3 Å². The molecule has 1 fully saturated rings. The molecule has 0 spiro atoms. The van der Waals surface area contributed by atoms with Gasteiger partial charge >= 0.3 is 0 Å². The molecule has 1 aliphatic rings. The average Bonchev–Trinajstić information content (AvgIpc) is 3.01. The maximum absolute atomic E-state index is 3.35. The Morgan fingerprint density at radius 3 is 2.71 bits per heavy atom. The van der Waals surface area contributed by atoms with Crippen molar-refractivity contribution in [3.05, 3.63) is 35.4 Å². The number of hydrogen-bond donors (Lipinski definition) is 1. The van der Waals surface area contributed by atoms with Crippen LogP contribution < -0.4 is 5.32 Å². The van der Waals surface area contributed by atoms with E-state index in [-0.39, 0.29) is 0 Å². The molecule has 2 rings (SSSR count). The fourth-order valence-electron chi connectivity index (χ4n) is 1.68. The molecule has 1 saturated heterocycles. The van der Waals surface area contributed by atoms with Gasteiger partial charge in [-0.3, -0.25) is 0 Å². The van der Waals surface area contributed by atoms with Gasteiger partial charge in [-0.25, -0.2) is 0 Å². The van der Waals surface area contributed by atoms with E-state index in [9.17, 15) is 0 Å². The largest absolute Gasteiger partial charge is 0.307 e. The van der Waals surface area contributed by atoms with Gasteiger partial charge in [-0.2, -0.15) is 0 Å². The fraction of sp³-hybridized carbons (Fsp3) is 0.538. The molecular weight excluding hydrogens is 170 g/mol. The molecule has 0 aromatic heterocycles. The van der Waals surface area contributed by atoms with Gasteiger partial charge in [-0.15, -0.1) is 0 Å². The van der Waals surface area contributed by atoms with E-state index >= 15 is 0 Å². The van der Waals surface area contributed by atoms with Crippen molar-refractivity contribution in [1.82, 2.24) is 5.32 Å². The van der Waals surface area contributed by atoms with Crippen LogP contribution in [0.5, 0.6) is 0 Å². The Hall–Kier alpha value is -0.820. The number of hydrogen-bond acceptors (Lipinski definition) is 1. The van der Waals surface area contributed by atoms with Crippen molar-refractivity contribution in [2.75, 3.05) is 6.54 Å². The van der Waals surface area contributed by atoms with Crippen LogP contribution in [0.1, 0.15) is 44.4 Å². The van der Waals surface area contributed by atoms with E-state index in [4.69, 9.17) is 0 Å². The van der Waals surface area contributed by atoms with Crippen LogP contribution in [0.4, 0.5) is 0 Å². The van der Waals surface area contributed by atoms with Crippen LogP contribution in [-0.4, -0.2) is 6.54 Å². The molecule has 1 aromatic carbocycles. The summed E-state index contributed by atoms with van der Waals surface area (Å²) in [6.07, 6.45) is 1.19. The van der Waals surface area contributed by atoms with E-state index in [1.54, 1.807) is 0 Å². The molecule has 0 saturated carbocycles. The lowest BCUT2D eigenvalue weighted by Crippen LogP contribution is -2.15. The molecule has 76 valence electrons. The van der Waals surface area contributed by atoms with Crippen LogP contribution >= 0.6 is 0 Å².